The van der Waals surface area contributed by atoms with Crippen molar-refractivity contribution in [2.45, 2.75) is 26.3 Å². The minimum atomic E-state index is 0.204. The zero-order valence-electron chi connectivity index (χ0n) is 11.1. The molecule has 0 saturated heterocycles. The third kappa shape index (κ3) is 3.78. The van der Waals surface area contributed by atoms with E-state index in [1.165, 1.54) is 5.56 Å². The number of nitriles is 1. The number of aryl methyl sites for hydroxylation is 1. The van der Waals surface area contributed by atoms with Crippen LogP contribution >= 0.6 is 0 Å². The van der Waals surface area contributed by atoms with Gasteiger partial charge < -0.3 is 5.32 Å². The highest BCUT2D eigenvalue weighted by atomic mass is 15.1. The van der Waals surface area contributed by atoms with Gasteiger partial charge in [-0.2, -0.15) is 5.26 Å². The molecule has 4 heteroatoms. The molecule has 0 aliphatic heterocycles. The van der Waals surface area contributed by atoms with Crippen molar-refractivity contribution in [3.63, 3.8) is 0 Å². The summed E-state index contributed by atoms with van der Waals surface area (Å²) in [6, 6.07) is 14.2. The summed E-state index contributed by atoms with van der Waals surface area (Å²) in [7, 11) is 0. The van der Waals surface area contributed by atoms with E-state index in [-0.39, 0.29) is 6.04 Å². The van der Waals surface area contributed by atoms with Gasteiger partial charge in [-0.15, -0.1) is 0 Å². The molecule has 0 aliphatic rings. The lowest BCUT2D eigenvalue weighted by molar-refractivity contribution is 0.775. The summed E-state index contributed by atoms with van der Waals surface area (Å²) in [6.07, 6.45) is 0.889. The van der Waals surface area contributed by atoms with E-state index >= 15 is 0 Å². The number of benzene rings is 1. The third-order valence-electron chi connectivity index (χ3n) is 2.73. The van der Waals surface area contributed by atoms with Crippen molar-refractivity contribution < 1.29 is 0 Å². The van der Waals surface area contributed by atoms with E-state index in [9.17, 15) is 0 Å². The van der Waals surface area contributed by atoms with E-state index in [0.717, 1.165) is 12.1 Å². The van der Waals surface area contributed by atoms with Gasteiger partial charge in [0.25, 0.3) is 0 Å². The number of nitrogens with one attached hydrogen (secondary N) is 1. The Morgan fingerprint density at radius 2 is 2.00 bits per heavy atom. The van der Waals surface area contributed by atoms with Crippen molar-refractivity contribution in [3.8, 4) is 6.07 Å². The van der Waals surface area contributed by atoms with Crippen molar-refractivity contribution >= 4 is 5.95 Å². The van der Waals surface area contributed by atoms with Gasteiger partial charge in [-0.05, 0) is 31.9 Å². The SMILES string of the molecule is Cc1cc(C#N)nc(NC(C)Cc2ccccc2)n1. The highest BCUT2D eigenvalue weighted by Crippen LogP contribution is 2.09. The molecule has 1 aromatic carbocycles. The molecule has 0 aliphatic carbocycles. The first-order valence-corrected chi connectivity index (χ1v) is 6.23. The first kappa shape index (κ1) is 13.0. The molecule has 2 rings (SSSR count). The molecule has 1 aromatic heterocycles. The summed E-state index contributed by atoms with van der Waals surface area (Å²) in [6.45, 7) is 3.93. The van der Waals surface area contributed by atoms with Crippen molar-refractivity contribution in [2.24, 2.45) is 0 Å². The van der Waals surface area contributed by atoms with Crippen LogP contribution < -0.4 is 5.32 Å². The van der Waals surface area contributed by atoms with Gasteiger partial charge in [0.15, 0.2) is 0 Å². The number of hydrogen-bond acceptors (Lipinski definition) is 4. The Morgan fingerprint density at radius 3 is 2.68 bits per heavy atom. The maximum atomic E-state index is 8.89. The van der Waals surface area contributed by atoms with Gasteiger partial charge in [0, 0.05) is 11.7 Å². The number of rotatable bonds is 4. The zero-order chi connectivity index (χ0) is 13.7. The minimum Gasteiger partial charge on any atom is -0.351 e. The lowest BCUT2D eigenvalue weighted by atomic mass is 10.1. The van der Waals surface area contributed by atoms with Crippen LogP contribution in [0.15, 0.2) is 36.4 Å². The van der Waals surface area contributed by atoms with Gasteiger partial charge in [0.05, 0.1) is 0 Å². The number of hydrogen-bond donors (Lipinski definition) is 1. The van der Waals surface area contributed by atoms with E-state index in [2.05, 4.69) is 34.3 Å². The van der Waals surface area contributed by atoms with Crippen LogP contribution in [0.1, 0.15) is 23.9 Å². The van der Waals surface area contributed by atoms with Gasteiger partial charge in [-0.1, -0.05) is 30.3 Å². The molecule has 0 bridgehead atoms. The van der Waals surface area contributed by atoms with Crippen molar-refractivity contribution in [1.29, 1.82) is 5.26 Å². The van der Waals surface area contributed by atoms with Gasteiger partial charge in [0.1, 0.15) is 11.8 Å². The molecular formula is C15H16N4. The molecule has 2 aromatic rings. The van der Waals surface area contributed by atoms with Gasteiger partial charge in [0.2, 0.25) is 5.95 Å². The van der Waals surface area contributed by atoms with E-state index in [1.807, 2.05) is 31.2 Å². The molecule has 0 amide bonds. The van der Waals surface area contributed by atoms with Crippen LogP contribution in [-0.4, -0.2) is 16.0 Å². The van der Waals surface area contributed by atoms with E-state index in [1.54, 1.807) is 6.07 Å². The van der Waals surface area contributed by atoms with Crippen LogP contribution in [0.25, 0.3) is 0 Å². The van der Waals surface area contributed by atoms with E-state index < -0.39 is 0 Å². The van der Waals surface area contributed by atoms with E-state index in [0.29, 0.717) is 11.6 Å². The quantitative estimate of drug-likeness (QED) is 0.908. The summed E-state index contributed by atoms with van der Waals surface area (Å²) in [5.74, 6) is 0.514. The molecule has 1 N–H and O–H groups in total. The predicted octanol–water partition coefficient (Wildman–Crippen LogP) is 2.70. The van der Waals surface area contributed by atoms with Gasteiger partial charge in [-0.3, -0.25) is 0 Å². The monoisotopic (exact) mass is 252 g/mol. The first-order valence-electron chi connectivity index (χ1n) is 6.23. The highest BCUT2D eigenvalue weighted by Gasteiger charge is 2.07. The van der Waals surface area contributed by atoms with Crippen molar-refractivity contribution in [1.82, 2.24) is 9.97 Å². The topological polar surface area (TPSA) is 61.6 Å². The standard InChI is InChI=1S/C15H16N4/c1-11(8-13-6-4-3-5-7-13)17-15-18-12(2)9-14(10-16)19-15/h3-7,9,11H,8H2,1-2H3,(H,17,18,19). The maximum Gasteiger partial charge on any atom is 0.224 e. The number of aromatic nitrogens is 2. The average molecular weight is 252 g/mol. The Kier molecular flexibility index (Phi) is 4.09. The Labute approximate surface area is 113 Å². The van der Waals surface area contributed by atoms with Crippen LogP contribution in [0, 0.1) is 18.3 Å². The molecular weight excluding hydrogens is 236 g/mol. The molecule has 19 heavy (non-hydrogen) atoms. The molecule has 1 unspecified atom stereocenters. The van der Waals surface area contributed by atoms with Crippen molar-refractivity contribution in [2.75, 3.05) is 5.32 Å². The third-order valence-corrected chi connectivity index (χ3v) is 2.73. The van der Waals surface area contributed by atoms with Crippen LogP contribution in [0.2, 0.25) is 0 Å². The average Bonchev–Trinajstić information content (AvgIpc) is 2.38. The lowest BCUT2D eigenvalue weighted by Gasteiger charge is -2.14. The van der Waals surface area contributed by atoms with Crippen LogP contribution in [-0.2, 0) is 6.42 Å². The number of nitrogens with zero attached hydrogens (tertiary/aromatic N) is 3. The van der Waals surface area contributed by atoms with Crippen LogP contribution in [0.5, 0.6) is 0 Å². The normalized spacial score (nSPS) is 11.6. The summed E-state index contributed by atoms with van der Waals surface area (Å²) in [5.41, 5.74) is 2.44. The fourth-order valence-corrected chi connectivity index (χ4v) is 1.93. The molecule has 1 heterocycles. The van der Waals surface area contributed by atoms with Gasteiger partial charge in [-0.25, -0.2) is 9.97 Å². The van der Waals surface area contributed by atoms with E-state index in [4.69, 9.17) is 5.26 Å². The second-order valence-corrected chi connectivity index (χ2v) is 4.57. The minimum absolute atomic E-state index is 0.204. The maximum absolute atomic E-state index is 8.89. The summed E-state index contributed by atoms with van der Waals surface area (Å²) < 4.78 is 0. The second-order valence-electron chi connectivity index (χ2n) is 4.57. The fourth-order valence-electron chi connectivity index (χ4n) is 1.93. The smallest absolute Gasteiger partial charge is 0.224 e. The summed E-state index contributed by atoms with van der Waals surface area (Å²) in [5, 5.41) is 12.1. The highest BCUT2D eigenvalue weighted by molar-refractivity contribution is 5.34. The molecule has 4 nitrogen and oxygen atoms in total. The van der Waals surface area contributed by atoms with Crippen LogP contribution in [0.4, 0.5) is 5.95 Å². The summed E-state index contributed by atoms with van der Waals surface area (Å²) in [4.78, 5) is 8.44. The fraction of sp³-hybridized carbons (Fsp3) is 0.267. The lowest BCUT2D eigenvalue weighted by Crippen LogP contribution is -2.20. The second kappa shape index (κ2) is 5.96. The van der Waals surface area contributed by atoms with Crippen molar-refractivity contribution in [3.05, 3.63) is 53.3 Å². The Balaban J connectivity index is 2.05. The number of anilines is 1. The zero-order valence-corrected chi connectivity index (χ0v) is 11.1. The molecule has 1 atom stereocenters. The molecule has 96 valence electrons. The molecule has 0 saturated carbocycles. The molecule has 0 radical (unpaired) electrons. The Bertz CT molecular complexity index is 587. The molecule has 0 fully saturated rings. The van der Waals surface area contributed by atoms with Crippen LogP contribution in [0.3, 0.4) is 0 Å². The summed E-state index contributed by atoms with van der Waals surface area (Å²) >= 11 is 0. The van der Waals surface area contributed by atoms with Gasteiger partial charge >= 0.3 is 0 Å². The Morgan fingerprint density at radius 1 is 1.26 bits per heavy atom. The first-order chi connectivity index (χ1) is 9.17. The Hall–Kier alpha value is -2.41. The predicted molar refractivity (Wildman–Crippen MR) is 74.7 cm³/mol. The largest absolute Gasteiger partial charge is 0.351 e. The molecule has 0 spiro atoms.